The fourth-order valence-electron chi connectivity index (χ4n) is 2.51. The van der Waals surface area contributed by atoms with Crippen molar-refractivity contribution in [3.63, 3.8) is 0 Å². The first-order valence-electron chi connectivity index (χ1n) is 8.69. The van der Waals surface area contributed by atoms with Gasteiger partial charge in [-0.15, -0.1) is 0 Å². The molecule has 5 nitrogen and oxygen atoms in total. The van der Waals surface area contributed by atoms with Crippen molar-refractivity contribution in [3.8, 4) is 0 Å². The highest BCUT2D eigenvalue weighted by molar-refractivity contribution is 6.31. The van der Waals surface area contributed by atoms with Crippen LogP contribution in [0.5, 0.6) is 0 Å². The van der Waals surface area contributed by atoms with E-state index in [4.69, 9.17) is 11.6 Å². The van der Waals surface area contributed by atoms with Gasteiger partial charge in [0.25, 0.3) is 5.91 Å². The topological polar surface area (TPSA) is 65.5 Å². The van der Waals surface area contributed by atoms with Gasteiger partial charge in [-0.1, -0.05) is 41.9 Å². The maximum absolute atomic E-state index is 11.9. The molecule has 0 bridgehead atoms. The molecule has 0 spiro atoms. The summed E-state index contributed by atoms with van der Waals surface area (Å²) in [6.45, 7) is 3.83. The van der Waals surface area contributed by atoms with Gasteiger partial charge in [-0.25, -0.2) is 0 Å². The van der Waals surface area contributed by atoms with Gasteiger partial charge in [0.15, 0.2) is 5.96 Å². The number of aliphatic imine (C=N–C) groups is 1. The minimum Gasteiger partial charge on any atom is -0.356 e. The number of carbonyl (C=O) groups excluding carboxylic acids is 1. The van der Waals surface area contributed by atoms with Gasteiger partial charge in [-0.2, -0.15) is 0 Å². The van der Waals surface area contributed by atoms with E-state index in [0.29, 0.717) is 24.6 Å². The second kappa shape index (κ2) is 10.5. The average Bonchev–Trinajstić information content (AvgIpc) is 2.66. The summed E-state index contributed by atoms with van der Waals surface area (Å²) in [6, 6.07) is 15.4. The Balaban J connectivity index is 1.84. The largest absolute Gasteiger partial charge is 0.356 e. The number of halogens is 1. The summed E-state index contributed by atoms with van der Waals surface area (Å²) >= 11 is 6.17. The molecule has 6 heteroatoms. The maximum Gasteiger partial charge on any atom is 0.251 e. The van der Waals surface area contributed by atoms with Gasteiger partial charge in [-0.3, -0.25) is 9.79 Å². The molecule has 0 aromatic heterocycles. The van der Waals surface area contributed by atoms with Crippen LogP contribution in [0.1, 0.15) is 28.4 Å². The summed E-state index contributed by atoms with van der Waals surface area (Å²) in [5, 5.41) is 10.1. The van der Waals surface area contributed by atoms with Crippen LogP contribution in [0.4, 0.5) is 0 Å². The number of benzene rings is 2. The summed E-state index contributed by atoms with van der Waals surface area (Å²) in [7, 11) is 1.73. The first kappa shape index (κ1) is 19.8. The predicted octanol–water partition coefficient (Wildman–Crippen LogP) is 3.00. The zero-order valence-electron chi connectivity index (χ0n) is 15.2. The van der Waals surface area contributed by atoms with E-state index in [1.807, 2.05) is 55.5 Å². The van der Waals surface area contributed by atoms with Crippen LogP contribution in [-0.4, -0.2) is 32.0 Å². The highest BCUT2D eigenvalue weighted by Gasteiger charge is 2.05. The molecule has 1 amide bonds. The van der Waals surface area contributed by atoms with E-state index in [1.54, 1.807) is 7.05 Å². The molecule has 0 atom stereocenters. The Morgan fingerprint density at radius 1 is 1.08 bits per heavy atom. The zero-order valence-corrected chi connectivity index (χ0v) is 15.9. The quantitative estimate of drug-likeness (QED) is 0.517. The number of hydrogen-bond acceptors (Lipinski definition) is 2. The molecule has 0 unspecified atom stereocenters. The van der Waals surface area contributed by atoms with Crippen LogP contribution in [0.2, 0.25) is 5.02 Å². The third kappa shape index (κ3) is 6.08. The molecule has 26 heavy (non-hydrogen) atoms. The van der Waals surface area contributed by atoms with Crippen LogP contribution < -0.4 is 16.0 Å². The normalized spacial score (nSPS) is 11.1. The zero-order chi connectivity index (χ0) is 18.8. The molecule has 0 radical (unpaired) electrons. The molecule has 2 rings (SSSR count). The Kier molecular flexibility index (Phi) is 7.96. The number of hydrogen-bond donors (Lipinski definition) is 3. The van der Waals surface area contributed by atoms with Crippen molar-refractivity contribution >= 4 is 23.5 Å². The predicted molar refractivity (Wildman–Crippen MR) is 108 cm³/mol. The lowest BCUT2D eigenvalue weighted by Gasteiger charge is -2.13. The summed E-state index contributed by atoms with van der Waals surface area (Å²) in [5.41, 5.74) is 2.78. The van der Waals surface area contributed by atoms with Gasteiger partial charge in [-0.05, 0) is 42.7 Å². The standard InChI is InChI=1S/C20H25ClN4O/c1-3-23-19(26)17-9-6-7-15(13-17)14-25-20(22-2)24-12-11-16-8-4-5-10-18(16)21/h4-10,13H,3,11-12,14H2,1-2H3,(H,23,26)(H2,22,24,25). The van der Waals surface area contributed by atoms with Crippen LogP contribution >= 0.6 is 11.6 Å². The first-order valence-corrected chi connectivity index (χ1v) is 9.07. The van der Waals surface area contributed by atoms with Gasteiger partial charge < -0.3 is 16.0 Å². The molecule has 3 N–H and O–H groups in total. The lowest BCUT2D eigenvalue weighted by Crippen LogP contribution is -2.37. The van der Waals surface area contributed by atoms with E-state index in [-0.39, 0.29) is 5.91 Å². The van der Waals surface area contributed by atoms with Gasteiger partial charge in [0.1, 0.15) is 0 Å². The van der Waals surface area contributed by atoms with Crippen molar-refractivity contribution in [2.45, 2.75) is 19.9 Å². The molecule has 0 aliphatic carbocycles. The number of carbonyl (C=O) groups is 1. The number of nitrogens with zero attached hydrogens (tertiary/aromatic N) is 1. The van der Waals surface area contributed by atoms with E-state index in [1.165, 1.54) is 0 Å². The average molecular weight is 373 g/mol. The fourth-order valence-corrected chi connectivity index (χ4v) is 2.74. The van der Waals surface area contributed by atoms with Gasteiger partial charge >= 0.3 is 0 Å². The van der Waals surface area contributed by atoms with Gasteiger partial charge in [0, 0.05) is 37.3 Å². The SMILES string of the molecule is CCNC(=O)c1cccc(CNC(=NC)NCCc2ccccc2Cl)c1. The fraction of sp³-hybridized carbons (Fsp3) is 0.300. The highest BCUT2D eigenvalue weighted by atomic mass is 35.5. The Morgan fingerprint density at radius 2 is 1.88 bits per heavy atom. The van der Waals surface area contributed by atoms with Crippen LogP contribution in [0, 0.1) is 0 Å². The number of amides is 1. The summed E-state index contributed by atoms with van der Waals surface area (Å²) < 4.78 is 0. The first-order chi connectivity index (χ1) is 12.6. The third-order valence-corrected chi connectivity index (χ3v) is 4.22. The molecule has 0 saturated carbocycles. The van der Waals surface area contributed by atoms with Crippen molar-refractivity contribution in [2.24, 2.45) is 4.99 Å². The monoisotopic (exact) mass is 372 g/mol. The van der Waals surface area contributed by atoms with Crippen LogP contribution in [0.25, 0.3) is 0 Å². The van der Waals surface area contributed by atoms with E-state index in [2.05, 4.69) is 20.9 Å². The molecule has 0 heterocycles. The minimum absolute atomic E-state index is 0.0587. The number of guanidine groups is 1. The number of rotatable bonds is 7. The Bertz CT molecular complexity index is 761. The third-order valence-electron chi connectivity index (χ3n) is 3.85. The molecule has 0 saturated heterocycles. The second-order valence-electron chi connectivity index (χ2n) is 5.75. The molecule has 138 valence electrons. The molecule has 0 aliphatic heterocycles. The van der Waals surface area contributed by atoms with Crippen LogP contribution in [0.3, 0.4) is 0 Å². The van der Waals surface area contributed by atoms with Crippen molar-refractivity contribution in [2.75, 3.05) is 20.1 Å². The van der Waals surface area contributed by atoms with Crippen molar-refractivity contribution in [1.29, 1.82) is 0 Å². The van der Waals surface area contributed by atoms with Crippen LogP contribution in [-0.2, 0) is 13.0 Å². The Morgan fingerprint density at radius 3 is 2.62 bits per heavy atom. The van der Waals surface area contributed by atoms with Crippen molar-refractivity contribution in [3.05, 3.63) is 70.2 Å². The summed E-state index contributed by atoms with van der Waals surface area (Å²) in [5.74, 6) is 0.650. The Labute approximate surface area is 159 Å². The van der Waals surface area contributed by atoms with Crippen molar-refractivity contribution < 1.29 is 4.79 Å². The maximum atomic E-state index is 11.9. The summed E-state index contributed by atoms with van der Waals surface area (Å²) in [4.78, 5) is 16.1. The van der Waals surface area contributed by atoms with Gasteiger partial charge in [0.05, 0.1) is 0 Å². The Hall–Kier alpha value is -2.53. The molecule has 2 aromatic rings. The number of nitrogens with one attached hydrogen (secondary N) is 3. The minimum atomic E-state index is -0.0587. The van der Waals surface area contributed by atoms with Crippen molar-refractivity contribution in [1.82, 2.24) is 16.0 Å². The van der Waals surface area contributed by atoms with E-state index in [0.717, 1.165) is 29.1 Å². The van der Waals surface area contributed by atoms with E-state index >= 15 is 0 Å². The van der Waals surface area contributed by atoms with Crippen LogP contribution in [0.15, 0.2) is 53.5 Å². The summed E-state index contributed by atoms with van der Waals surface area (Å²) in [6.07, 6.45) is 0.813. The lowest BCUT2D eigenvalue weighted by molar-refractivity contribution is 0.0955. The highest BCUT2D eigenvalue weighted by Crippen LogP contribution is 2.14. The van der Waals surface area contributed by atoms with E-state index < -0.39 is 0 Å². The van der Waals surface area contributed by atoms with E-state index in [9.17, 15) is 4.79 Å². The smallest absolute Gasteiger partial charge is 0.251 e. The van der Waals surface area contributed by atoms with Gasteiger partial charge in [0.2, 0.25) is 0 Å². The molecular formula is C20H25ClN4O. The molecule has 2 aromatic carbocycles. The molecular weight excluding hydrogens is 348 g/mol. The lowest BCUT2D eigenvalue weighted by atomic mass is 10.1. The molecule has 0 fully saturated rings. The second-order valence-corrected chi connectivity index (χ2v) is 6.16. The molecule has 0 aliphatic rings.